The molecule has 16 nitrogen and oxygen atoms in total. The molecule has 2 aromatic rings. The Bertz CT molecular complexity index is 2150. The Balaban J connectivity index is 1.24. The molecule has 4 heterocycles. The predicted octanol–water partition coefficient (Wildman–Crippen LogP) is 3.97. The number of halogens is 3. The van der Waals surface area contributed by atoms with E-state index in [0.29, 0.717) is 82.3 Å². The van der Waals surface area contributed by atoms with Crippen LogP contribution in [0.25, 0.3) is 10.8 Å². The molecule has 0 bridgehead atoms. The van der Waals surface area contributed by atoms with Gasteiger partial charge in [-0.25, -0.2) is 13.2 Å². The van der Waals surface area contributed by atoms with Gasteiger partial charge in [0.1, 0.15) is 35.3 Å². The van der Waals surface area contributed by atoms with Gasteiger partial charge in [0.2, 0.25) is 27.7 Å². The molecule has 334 valence electrons. The van der Waals surface area contributed by atoms with E-state index in [-0.39, 0.29) is 31.2 Å². The molecular formula is C41H53F3N6O10S. The summed E-state index contributed by atoms with van der Waals surface area (Å²) < 4.78 is 90.6. The zero-order chi connectivity index (χ0) is 43.9. The van der Waals surface area contributed by atoms with Crippen molar-refractivity contribution in [3.63, 3.8) is 0 Å². The highest BCUT2D eigenvalue weighted by Crippen LogP contribution is 2.46. The Morgan fingerprint density at radius 1 is 1.08 bits per heavy atom. The lowest BCUT2D eigenvalue weighted by molar-refractivity contribution is -0.197. The first-order valence-corrected chi connectivity index (χ1v) is 22.3. The Kier molecular flexibility index (Phi) is 12.7. The molecule has 0 radical (unpaired) electrons. The van der Waals surface area contributed by atoms with E-state index < -0.39 is 86.9 Å². The molecule has 0 unspecified atom stereocenters. The molecule has 5 aliphatic rings. The second kappa shape index (κ2) is 17.5. The number of nitrogens with one attached hydrogen (secondary N) is 3. The number of sulfonamides is 1. The van der Waals surface area contributed by atoms with Gasteiger partial charge >= 0.3 is 12.3 Å². The molecule has 4 fully saturated rings. The molecule has 0 spiro atoms. The van der Waals surface area contributed by atoms with Gasteiger partial charge in [0.15, 0.2) is 6.10 Å². The lowest BCUT2D eigenvalue weighted by atomic mass is 9.88. The lowest BCUT2D eigenvalue weighted by Crippen LogP contribution is -2.59. The predicted molar refractivity (Wildman–Crippen MR) is 215 cm³/mol. The van der Waals surface area contributed by atoms with Crippen molar-refractivity contribution in [1.82, 2.24) is 25.2 Å². The summed E-state index contributed by atoms with van der Waals surface area (Å²) in [6.07, 6.45) is -3.69. The minimum atomic E-state index is -4.86. The number of methoxy groups -OCH3 is 1. The van der Waals surface area contributed by atoms with Gasteiger partial charge in [0.25, 0.3) is 5.91 Å². The van der Waals surface area contributed by atoms with E-state index in [2.05, 4.69) is 20.1 Å². The van der Waals surface area contributed by atoms with Crippen LogP contribution in [0.5, 0.6) is 11.6 Å². The summed E-state index contributed by atoms with van der Waals surface area (Å²) in [5, 5.41) is 5.84. The average molecular weight is 879 g/mol. The summed E-state index contributed by atoms with van der Waals surface area (Å²) in [5.74, 6) is -2.26. The molecular weight excluding hydrogens is 826 g/mol. The first-order chi connectivity index (χ1) is 28.9. The minimum Gasteiger partial charge on any atom is -0.497 e. The van der Waals surface area contributed by atoms with Crippen LogP contribution in [-0.2, 0) is 33.9 Å². The number of benzene rings is 1. The average Bonchev–Trinajstić information content (AvgIpc) is 4.14. The van der Waals surface area contributed by atoms with Crippen molar-refractivity contribution in [2.24, 2.45) is 17.8 Å². The maximum absolute atomic E-state index is 14.8. The molecule has 1 aromatic carbocycles. The van der Waals surface area contributed by atoms with Gasteiger partial charge < -0.3 is 39.4 Å². The van der Waals surface area contributed by atoms with Crippen LogP contribution in [-0.4, -0.2) is 123 Å². The Morgan fingerprint density at radius 3 is 2.51 bits per heavy atom. The summed E-state index contributed by atoms with van der Waals surface area (Å²) in [4.78, 5) is 64.5. The lowest BCUT2D eigenvalue weighted by Gasteiger charge is -2.33. The van der Waals surface area contributed by atoms with Crippen LogP contribution in [0.2, 0.25) is 0 Å². The third-order valence-electron chi connectivity index (χ3n) is 12.2. The molecule has 20 heteroatoms. The third-order valence-corrected chi connectivity index (χ3v) is 14.1. The monoisotopic (exact) mass is 878 g/mol. The Hall–Kier alpha value is -4.85. The number of carbonyl (C=O) groups is 4. The molecule has 8 atom stereocenters. The maximum atomic E-state index is 14.8. The number of morpholine rings is 1. The van der Waals surface area contributed by atoms with E-state index in [4.69, 9.17) is 19.2 Å². The Morgan fingerprint density at radius 2 is 1.82 bits per heavy atom. The second-order valence-corrected chi connectivity index (χ2v) is 18.9. The van der Waals surface area contributed by atoms with E-state index in [0.717, 1.165) is 5.39 Å². The number of carbonyl (C=O) groups excluding carboxylic acids is 4. The molecule has 2 saturated carbocycles. The number of amides is 4. The van der Waals surface area contributed by atoms with Crippen LogP contribution in [0.15, 0.2) is 36.4 Å². The fourth-order valence-electron chi connectivity index (χ4n) is 8.41. The number of rotatable bonds is 9. The molecule has 3 N–H and O–H groups in total. The van der Waals surface area contributed by atoms with Gasteiger partial charge in [0.05, 0.1) is 32.1 Å². The normalized spacial score (nSPS) is 29.8. The van der Waals surface area contributed by atoms with Crippen molar-refractivity contribution in [2.75, 3.05) is 44.9 Å². The number of allylic oxidation sites excluding steroid dienone is 1. The Labute approximate surface area is 352 Å². The van der Waals surface area contributed by atoms with Crippen LogP contribution in [0.1, 0.15) is 65.7 Å². The minimum absolute atomic E-state index is 0.0372. The topological polar surface area (TPSA) is 195 Å². The smallest absolute Gasteiger partial charge is 0.425 e. The number of hydrogen-bond acceptors (Lipinski definition) is 12. The zero-order valence-corrected chi connectivity index (χ0v) is 35.4. The number of anilines is 1. The number of pyridine rings is 1. The number of alkyl carbamates (subject to hydrolysis) is 1. The largest absolute Gasteiger partial charge is 0.497 e. The van der Waals surface area contributed by atoms with E-state index in [1.165, 1.54) is 4.90 Å². The molecule has 1 aromatic heterocycles. The van der Waals surface area contributed by atoms with Crippen LogP contribution in [0.3, 0.4) is 0 Å². The van der Waals surface area contributed by atoms with Crippen molar-refractivity contribution >= 4 is 50.4 Å². The fraction of sp³-hybridized carbons (Fsp3) is 0.634. The first kappa shape index (κ1) is 44.2. The standard InChI is InChI=1S/C41H53F3N6O10S/c1-23-7-5-6-8-27-21-40(27,38(53)48-61(55,56)30-10-11-30)47-35(51)32-20-29(22-50(32)37(52)34(24(2)17-23)46-39(54)59-25(3)41(42,43)44)60-36-31-12-9-28(57-4)18-26(31)19-33(45-36)49-13-15-58-16-14-49/h6,8-9,12,18-19,23-25,27,29-30,32,34H,5,7,10-11,13-17,20-22H2,1-4H3,(H,46,54)(H,47,51)(H,48,53)/b8-6-/t23-,24-,25-,27-,29-,32+,34+,40-/m1/s1. The SMILES string of the molecule is COc1ccc2c(O[C@@H]3C[C@H]4C(=O)N[C@]5(C(=O)NS(=O)(=O)C6CC6)C[C@H]5/C=C\CC[C@@H](C)C[C@@H](C)[C@H](NC(=O)O[C@H](C)C(F)(F)F)C(=O)N4C3)nc(N3CCOCC3)cc2c1. The van der Waals surface area contributed by atoms with Crippen molar-refractivity contribution in [3.8, 4) is 11.6 Å². The molecule has 2 saturated heterocycles. The van der Waals surface area contributed by atoms with Gasteiger partial charge in [0, 0.05) is 30.8 Å². The van der Waals surface area contributed by atoms with E-state index in [1.54, 1.807) is 32.2 Å². The first-order valence-electron chi connectivity index (χ1n) is 20.8. The highest BCUT2D eigenvalue weighted by Gasteiger charge is 2.62. The second-order valence-electron chi connectivity index (χ2n) is 16.9. The highest BCUT2D eigenvalue weighted by molar-refractivity contribution is 7.91. The van der Waals surface area contributed by atoms with Gasteiger partial charge in [-0.1, -0.05) is 26.0 Å². The summed E-state index contributed by atoms with van der Waals surface area (Å²) in [7, 11) is -2.45. The number of aromatic nitrogens is 1. The quantitative estimate of drug-likeness (QED) is 0.308. The summed E-state index contributed by atoms with van der Waals surface area (Å²) in [6, 6.07) is 4.49. The van der Waals surface area contributed by atoms with E-state index in [1.807, 2.05) is 30.0 Å². The van der Waals surface area contributed by atoms with Crippen LogP contribution in [0, 0.1) is 17.8 Å². The van der Waals surface area contributed by atoms with Crippen molar-refractivity contribution < 1.29 is 59.7 Å². The number of hydrogen-bond donors (Lipinski definition) is 3. The molecule has 2 aliphatic carbocycles. The highest BCUT2D eigenvalue weighted by atomic mass is 32.2. The van der Waals surface area contributed by atoms with Crippen LogP contribution in [0.4, 0.5) is 23.8 Å². The van der Waals surface area contributed by atoms with Gasteiger partial charge in [-0.15, -0.1) is 0 Å². The van der Waals surface area contributed by atoms with E-state index >= 15 is 0 Å². The number of fused-ring (bicyclic) bond motifs is 3. The maximum Gasteiger partial charge on any atom is 0.425 e. The summed E-state index contributed by atoms with van der Waals surface area (Å²) in [5.41, 5.74) is -1.64. The van der Waals surface area contributed by atoms with Crippen molar-refractivity contribution in [1.29, 1.82) is 0 Å². The van der Waals surface area contributed by atoms with Crippen LogP contribution >= 0.6 is 0 Å². The molecule has 7 rings (SSSR count). The van der Waals surface area contributed by atoms with Gasteiger partial charge in [-0.3, -0.25) is 19.1 Å². The fourth-order valence-corrected chi connectivity index (χ4v) is 9.77. The molecule has 3 aliphatic heterocycles. The number of nitrogens with zero attached hydrogens (tertiary/aromatic N) is 3. The number of alkyl halides is 3. The zero-order valence-electron chi connectivity index (χ0n) is 34.5. The number of ether oxygens (including phenoxy) is 4. The summed E-state index contributed by atoms with van der Waals surface area (Å²) >= 11 is 0. The molecule has 4 amide bonds. The summed E-state index contributed by atoms with van der Waals surface area (Å²) in [6.45, 7) is 6.20. The van der Waals surface area contributed by atoms with Crippen molar-refractivity contribution in [2.45, 2.75) is 107 Å². The van der Waals surface area contributed by atoms with Gasteiger partial charge in [-0.2, -0.15) is 18.2 Å². The van der Waals surface area contributed by atoms with Crippen LogP contribution < -0.4 is 29.7 Å². The van der Waals surface area contributed by atoms with Gasteiger partial charge in [-0.05, 0) is 86.9 Å². The van der Waals surface area contributed by atoms with Crippen molar-refractivity contribution in [3.05, 3.63) is 36.4 Å². The molecule has 61 heavy (non-hydrogen) atoms. The van der Waals surface area contributed by atoms with E-state index in [9.17, 15) is 40.8 Å². The third kappa shape index (κ3) is 9.95.